The fraction of sp³-hybridized carbons (Fsp3) is 0.333. The van der Waals surface area contributed by atoms with Crippen molar-refractivity contribution < 1.29 is 19.1 Å². The van der Waals surface area contributed by atoms with Gasteiger partial charge in [0.25, 0.3) is 0 Å². The minimum atomic E-state index is -1.13. The third kappa shape index (κ3) is 4.91. The van der Waals surface area contributed by atoms with Crippen molar-refractivity contribution in [3.63, 3.8) is 0 Å². The normalized spacial score (nSPS) is 11.6. The van der Waals surface area contributed by atoms with Crippen LogP contribution in [-0.2, 0) is 11.3 Å². The van der Waals surface area contributed by atoms with Crippen molar-refractivity contribution in [2.24, 2.45) is 0 Å². The summed E-state index contributed by atoms with van der Waals surface area (Å²) in [5.41, 5.74) is 1.75. The van der Waals surface area contributed by atoms with Crippen LogP contribution < -0.4 is 10.6 Å². The van der Waals surface area contributed by atoms with Crippen LogP contribution in [0.2, 0.25) is 0 Å². The molecule has 6 heteroatoms. The van der Waals surface area contributed by atoms with E-state index < -0.39 is 18.0 Å². The van der Waals surface area contributed by atoms with Crippen LogP contribution in [0.5, 0.6) is 0 Å². The monoisotopic (exact) mass is 294 g/mol. The first-order valence-corrected chi connectivity index (χ1v) is 6.48. The lowest BCUT2D eigenvalue weighted by Crippen LogP contribution is -2.45. The number of hydrogen-bond donors (Lipinski definition) is 3. The molecule has 1 unspecified atom stereocenters. The number of carboxylic acid groups (broad SMARTS) is 1. The minimum Gasteiger partial charge on any atom is -0.480 e. The Hall–Kier alpha value is -2.37. The number of nitrogens with one attached hydrogen (secondary N) is 2. The molecule has 0 spiro atoms. The maximum Gasteiger partial charge on any atom is 0.326 e. The van der Waals surface area contributed by atoms with Gasteiger partial charge in [0.1, 0.15) is 11.9 Å². The molecule has 5 nitrogen and oxygen atoms in total. The summed E-state index contributed by atoms with van der Waals surface area (Å²) in [6.45, 7) is 6.93. The maximum atomic E-state index is 13.5. The Morgan fingerprint density at radius 1 is 1.38 bits per heavy atom. The maximum absolute atomic E-state index is 13.5. The first kappa shape index (κ1) is 16.7. The zero-order valence-electron chi connectivity index (χ0n) is 12.1. The number of carbonyl (C=O) groups excluding carboxylic acids is 1. The van der Waals surface area contributed by atoms with Crippen LogP contribution in [0.4, 0.5) is 9.18 Å². The largest absolute Gasteiger partial charge is 0.480 e. The minimum absolute atomic E-state index is 0.136. The van der Waals surface area contributed by atoms with Crippen LogP contribution >= 0.6 is 0 Å². The molecule has 0 radical (unpaired) electrons. The molecule has 0 saturated heterocycles. The van der Waals surface area contributed by atoms with Gasteiger partial charge in [-0.2, -0.15) is 0 Å². The summed E-state index contributed by atoms with van der Waals surface area (Å²) in [5.74, 6) is -1.39. The van der Waals surface area contributed by atoms with Gasteiger partial charge in [-0.05, 0) is 37.0 Å². The number of hydrogen-bond acceptors (Lipinski definition) is 2. The molecule has 0 bridgehead atoms. The van der Waals surface area contributed by atoms with E-state index in [1.807, 2.05) is 0 Å². The van der Waals surface area contributed by atoms with Crippen LogP contribution in [0.25, 0.3) is 0 Å². The van der Waals surface area contributed by atoms with Gasteiger partial charge in [-0.3, -0.25) is 0 Å². The quantitative estimate of drug-likeness (QED) is 0.704. The van der Waals surface area contributed by atoms with Gasteiger partial charge >= 0.3 is 12.0 Å². The molecule has 1 aromatic carbocycles. The predicted octanol–water partition coefficient (Wildman–Crippen LogP) is 2.27. The van der Waals surface area contributed by atoms with E-state index in [0.717, 1.165) is 5.56 Å². The van der Waals surface area contributed by atoms with Crippen molar-refractivity contribution >= 4 is 12.0 Å². The number of amides is 2. The van der Waals surface area contributed by atoms with E-state index in [0.29, 0.717) is 11.1 Å². The highest BCUT2D eigenvalue weighted by Crippen LogP contribution is 2.14. The Morgan fingerprint density at radius 3 is 2.43 bits per heavy atom. The Labute approximate surface area is 122 Å². The smallest absolute Gasteiger partial charge is 0.326 e. The highest BCUT2D eigenvalue weighted by molar-refractivity contribution is 5.82. The first-order chi connectivity index (χ1) is 9.85. The predicted molar refractivity (Wildman–Crippen MR) is 77.5 cm³/mol. The number of rotatable bonds is 6. The molecule has 0 fully saturated rings. The van der Waals surface area contributed by atoms with Crippen molar-refractivity contribution in [2.75, 3.05) is 0 Å². The van der Waals surface area contributed by atoms with E-state index in [1.165, 1.54) is 6.08 Å². The van der Waals surface area contributed by atoms with Crippen molar-refractivity contribution in [2.45, 2.75) is 32.9 Å². The molecule has 0 aliphatic carbocycles. The average molecular weight is 294 g/mol. The molecule has 1 rings (SSSR count). The van der Waals surface area contributed by atoms with E-state index >= 15 is 0 Å². The second-order valence-corrected chi connectivity index (χ2v) is 4.79. The van der Waals surface area contributed by atoms with Gasteiger partial charge in [-0.25, -0.2) is 14.0 Å². The Bertz CT molecular complexity index is 535. The molecule has 0 aromatic heterocycles. The molecule has 1 aromatic rings. The van der Waals surface area contributed by atoms with Crippen molar-refractivity contribution in [1.29, 1.82) is 0 Å². The Kier molecular flexibility index (Phi) is 5.90. The summed E-state index contributed by atoms with van der Waals surface area (Å²) in [6, 6.07) is 1.67. The summed E-state index contributed by atoms with van der Waals surface area (Å²) >= 11 is 0. The molecule has 0 aliphatic rings. The number of benzene rings is 1. The van der Waals surface area contributed by atoms with Crippen LogP contribution in [0.15, 0.2) is 24.8 Å². The standard InChI is InChI=1S/C15H19FN2O3/c1-4-5-12(14(19)20)18-15(21)17-8-11-6-9(2)13(16)10(3)7-11/h4,6-7,12H,1,5,8H2,2-3H3,(H,19,20)(H2,17,18,21). The fourth-order valence-corrected chi connectivity index (χ4v) is 1.92. The highest BCUT2D eigenvalue weighted by Gasteiger charge is 2.17. The number of urea groups is 1. The fourth-order valence-electron chi connectivity index (χ4n) is 1.92. The lowest BCUT2D eigenvalue weighted by Gasteiger charge is -2.14. The summed E-state index contributed by atoms with van der Waals surface area (Å²) in [5, 5.41) is 13.8. The summed E-state index contributed by atoms with van der Waals surface area (Å²) in [7, 11) is 0. The second-order valence-electron chi connectivity index (χ2n) is 4.79. The molecule has 0 heterocycles. The Balaban J connectivity index is 2.60. The molecule has 3 N–H and O–H groups in total. The lowest BCUT2D eigenvalue weighted by molar-refractivity contribution is -0.139. The number of carboxylic acids is 1. The Morgan fingerprint density at radius 2 is 1.95 bits per heavy atom. The van der Waals surface area contributed by atoms with Gasteiger partial charge in [-0.1, -0.05) is 18.2 Å². The van der Waals surface area contributed by atoms with Crippen molar-refractivity contribution in [3.05, 3.63) is 47.3 Å². The molecule has 21 heavy (non-hydrogen) atoms. The summed E-state index contributed by atoms with van der Waals surface area (Å²) in [6.07, 6.45) is 1.56. The van der Waals surface area contributed by atoms with Crippen molar-refractivity contribution in [1.82, 2.24) is 10.6 Å². The third-order valence-electron chi connectivity index (χ3n) is 2.96. The summed E-state index contributed by atoms with van der Waals surface area (Å²) in [4.78, 5) is 22.5. The van der Waals surface area contributed by atoms with Gasteiger partial charge in [0.2, 0.25) is 0 Å². The van der Waals surface area contributed by atoms with Gasteiger partial charge in [0.05, 0.1) is 0 Å². The first-order valence-electron chi connectivity index (χ1n) is 6.48. The third-order valence-corrected chi connectivity index (χ3v) is 2.96. The van der Waals surface area contributed by atoms with E-state index in [1.54, 1.807) is 26.0 Å². The van der Waals surface area contributed by atoms with E-state index in [4.69, 9.17) is 5.11 Å². The van der Waals surface area contributed by atoms with Crippen LogP contribution in [0.1, 0.15) is 23.1 Å². The molecular weight excluding hydrogens is 275 g/mol. The van der Waals surface area contributed by atoms with Crippen LogP contribution in [0.3, 0.4) is 0 Å². The highest BCUT2D eigenvalue weighted by atomic mass is 19.1. The zero-order chi connectivity index (χ0) is 16.0. The molecule has 0 saturated carbocycles. The van der Waals surface area contributed by atoms with Gasteiger partial charge < -0.3 is 15.7 Å². The van der Waals surface area contributed by atoms with Gasteiger partial charge in [0, 0.05) is 6.54 Å². The lowest BCUT2D eigenvalue weighted by atomic mass is 10.1. The summed E-state index contributed by atoms with van der Waals surface area (Å²) < 4.78 is 13.5. The van der Waals surface area contributed by atoms with Crippen LogP contribution in [0, 0.1) is 19.7 Å². The molecule has 1 atom stereocenters. The zero-order valence-corrected chi connectivity index (χ0v) is 12.1. The van der Waals surface area contributed by atoms with Crippen molar-refractivity contribution in [3.8, 4) is 0 Å². The van der Waals surface area contributed by atoms with Crippen LogP contribution in [-0.4, -0.2) is 23.1 Å². The molecule has 2 amide bonds. The van der Waals surface area contributed by atoms with E-state index in [-0.39, 0.29) is 18.8 Å². The average Bonchev–Trinajstić information content (AvgIpc) is 2.41. The molecule has 114 valence electrons. The number of halogens is 1. The van der Waals surface area contributed by atoms with Gasteiger partial charge in [0.15, 0.2) is 0 Å². The van der Waals surface area contributed by atoms with Gasteiger partial charge in [-0.15, -0.1) is 6.58 Å². The number of aliphatic carboxylic acids is 1. The topological polar surface area (TPSA) is 78.4 Å². The number of aryl methyl sites for hydroxylation is 2. The second kappa shape index (κ2) is 7.42. The van der Waals surface area contributed by atoms with E-state index in [9.17, 15) is 14.0 Å². The number of carbonyl (C=O) groups is 2. The molecule has 0 aliphatic heterocycles. The molecular formula is C15H19FN2O3. The van der Waals surface area contributed by atoms with E-state index in [2.05, 4.69) is 17.2 Å². The SMILES string of the molecule is C=CCC(NC(=O)NCc1cc(C)c(F)c(C)c1)C(=O)O.